The summed E-state index contributed by atoms with van der Waals surface area (Å²) in [6, 6.07) is 13.9. The van der Waals surface area contributed by atoms with Crippen LogP contribution in [0.1, 0.15) is 34.6 Å². The van der Waals surface area contributed by atoms with Gasteiger partial charge in [0.05, 0.1) is 11.0 Å². The molecule has 0 spiro atoms. The number of hydrogen-bond acceptors (Lipinski definition) is 6. The van der Waals surface area contributed by atoms with Gasteiger partial charge in [0.25, 0.3) is 0 Å². The number of benzene rings is 2. The van der Waals surface area contributed by atoms with E-state index in [1.807, 2.05) is 50.4 Å². The van der Waals surface area contributed by atoms with Crippen LogP contribution in [0.4, 0.5) is 10.5 Å². The molecule has 0 aliphatic carbocycles. The van der Waals surface area contributed by atoms with Gasteiger partial charge in [0, 0.05) is 37.9 Å². The number of carbonyl (C=O) groups is 1. The first-order chi connectivity index (χ1) is 14.6. The van der Waals surface area contributed by atoms with E-state index in [1.54, 1.807) is 23.3 Å². The highest BCUT2D eigenvalue weighted by atomic mass is 79.9. The minimum absolute atomic E-state index is 0.000484. The second-order valence-electron chi connectivity index (χ2n) is 8.28. The van der Waals surface area contributed by atoms with Crippen molar-refractivity contribution >= 4 is 51.0 Å². The van der Waals surface area contributed by atoms with Crippen LogP contribution >= 0.6 is 39.2 Å². The van der Waals surface area contributed by atoms with Crippen LogP contribution in [-0.2, 0) is 4.74 Å². The van der Waals surface area contributed by atoms with Crippen molar-refractivity contribution in [2.45, 2.75) is 51.2 Å². The maximum absolute atomic E-state index is 11.8. The van der Waals surface area contributed by atoms with Gasteiger partial charge in [-0.1, -0.05) is 22.0 Å². The van der Waals surface area contributed by atoms with E-state index in [2.05, 4.69) is 63.9 Å². The number of thiazole rings is 1. The van der Waals surface area contributed by atoms with Gasteiger partial charge in [0.2, 0.25) is 0 Å². The predicted molar refractivity (Wildman–Crippen MR) is 135 cm³/mol. The molecule has 3 rings (SSSR count). The number of anilines is 1. The zero-order valence-electron chi connectivity index (χ0n) is 18.2. The Kier molecular flexibility index (Phi) is 7.80. The highest BCUT2D eigenvalue weighted by Gasteiger charge is 2.15. The van der Waals surface area contributed by atoms with Gasteiger partial charge in [-0.05, 0) is 83.0 Å². The van der Waals surface area contributed by atoms with Crippen molar-refractivity contribution < 1.29 is 9.53 Å². The van der Waals surface area contributed by atoms with Gasteiger partial charge in [-0.25, -0.2) is 9.78 Å². The molecule has 5 nitrogen and oxygen atoms in total. The summed E-state index contributed by atoms with van der Waals surface area (Å²) in [7, 11) is 0. The number of hydrogen-bond donors (Lipinski definition) is 2. The van der Waals surface area contributed by atoms with Crippen LogP contribution in [0.2, 0.25) is 0 Å². The van der Waals surface area contributed by atoms with Crippen LogP contribution < -0.4 is 10.0 Å². The van der Waals surface area contributed by atoms with Crippen LogP contribution in [0, 0.1) is 0 Å². The molecule has 2 aromatic carbocycles. The molecule has 3 aromatic rings. The number of ether oxygens (including phenoxy) is 1. The number of amides is 1. The third-order valence-electron chi connectivity index (χ3n) is 3.90. The van der Waals surface area contributed by atoms with Crippen LogP contribution in [0.15, 0.2) is 58.0 Å². The molecule has 0 saturated heterocycles. The second kappa shape index (κ2) is 10.2. The number of nitrogens with zero attached hydrogens (tertiary/aromatic N) is 1. The van der Waals surface area contributed by atoms with E-state index in [4.69, 9.17) is 4.74 Å². The lowest BCUT2D eigenvalue weighted by Gasteiger charge is -2.20. The van der Waals surface area contributed by atoms with Gasteiger partial charge in [-0.3, -0.25) is 10.0 Å². The first kappa shape index (κ1) is 23.8. The van der Waals surface area contributed by atoms with Crippen molar-refractivity contribution in [3.05, 3.63) is 53.1 Å². The van der Waals surface area contributed by atoms with Crippen molar-refractivity contribution in [2.75, 3.05) is 5.32 Å². The molecule has 1 heterocycles. The average molecular weight is 521 g/mol. The number of rotatable bonds is 6. The molecule has 0 fully saturated rings. The van der Waals surface area contributed by atoms with E-state index < -0.39 is 6.09 Å². The van der Waals surface area contributed by atoms with Crippen molar-refractivity contribution in [1.82, 2.24) is 9.71 Å². The lowest BCUT2D eigenvalue weighted by atomic mass is 10.1. The topological polar surface area (TPSA) is 63.2 Å². The molecule has 2 N–H and O–H groups in total. The molecular formula is C23H26BrN3O2S2. The van der Waals surface area contributed by atoms with E-state index in [9.17, 15) is 4.79 Å². The molecule has 31 heavy (non-hydrogen) atoms. The van der Waals surface area contributed by atoms with Crippen molar-refractivity contribution in [3.63, 3.8) is 0 Å². The van der Waals surface area contributed by atoms with Crippen LogP contribution in [-0.4, -0.2) is 22.7 Å². The quantitative estimate of drug-likeness (QED) is 0.328. The third kappa shape index (κ3) is 7.07. The predicted octanol–water partition coefficient (Wildman–Crippen LogP) is 7.59. The summed E-state index contributed by atoms with van der Waals surface area (Å²) in [5.74, 6) is 0. The van der Waals surface area contributed by atoms with Crippen LogP contribution in [0.25, 0.3) is 21.0 Å². The smallest absolute Gasteiger partial charge is 0.411 e. The standard InChI is InChI=1S/C23H26BrN3O2S2/c1-14(2)29-22(28)26-17-9-6-15(7-10-17)21-25-13-20(30-21)18-11-8-16(24)12-19(18)31-27-23(3,4)5/h6-14,27H,1-5H3,(H,26,28). The van der Waals surface area contributed by atoms with Crippen LogP contribution in [0.5, 0.6) is 0 Å². The lowest BCUT2D eigenvalue weighted by molar-refractivity contribution is 0.130. The zero-order chi connectivity index (χ0) is 22.6. The molecule has 0 aliphatic rings. The minimum atomic E-state index is -0.455. The van der Waals surface area contributed by atoms with Gasteiger partial charge in [0.1, 0.15) is 5.01 Å². The number of nitrogens with one attached hydrogen (secondary N) is 2. The summed E-state index contributed by atoms with van der Waals surface area (Å²) < 4.78 is 9.63. The maximum Gasteiger partial charge on any atom is 0.411 e. The molecule has 0 atom stereocenters. The van der Waals surface area contributed by atoms with Gasteiger partial charge >= 0.3 is 6.09 Å². The van der Waals surface area contributed by atoms with E-state index >= 15 is 0 Å². The fraction of sp³-hybridized carbons (Fsp3) is 0.304. The Balaban J connectivity index is 1.78. The van der Waals surface area contributed by atoms with Crippen molar-refractivity contribution in [1.29, 1.82) is 0 Å². The highest BCUT2D eigenvalue weighted by molar-refractivity contribution is 9.10. The molecule has 0 saturated carbocycles. The van der Waals surface area contributed by atoms with Gasteiger partial charge in [0.15, 0.2) is 0 Å². The molecule has 1 aromatic heterocycles. The Labute approximate surface area is 200 Å². The fourth-order valence-corrected chi connectivity index (χ4v) is 5.01. The number of halogens is 1. The molecule has 0 aliphatic heterocycles. The molecule has 8 heteroatoms. The molecule has 1 amide bonds. The lowest BCUT2D eigenvalue weighted by Crippen LogP contribution is -2.29. The molecular weight excluding hydrogens is 494 g/mol. The monoisotopic (exact) mass is 519 g/mol. The Bertz CT molecular complexity index is 1040. The summed E-state index contributed by atoms with van der Waals surface area (Å²) in [6.07, 6.45) is 1.30. The number of aromatic nitrogens is 1. The molecule has 164 valence electrons. The number of carbonyl (C=O) groups excluding carboxylic acids is 1. The summed E-state index contributed by atoms with van der Waals surface area (Å²) in [5.41, 5.74) is 2.83. The van der Waals surface area contributed by atoms with Gasteiger partial charge < -0.3 is 4.74 Å². The summed E-state index contributed by atoms with van der Waals surface area (Å²) in [4.78, 5) is 18.6. The van der Waals surface area contributed by atoms with E-state index in [0.717, 1.165) is 30.4 Å². The van der Waals surface area contributed by atoms with E-state index in [0.29, 0.717) is 5.69 Å². The van der Waals surface area contributed by atoms with Crippen molar-refractivity contribution in [2.24, 2.45) is 0 Å². The van der Waals surface area contributed by atoms with Gasteiger partial charge in [-0.15, -0.1) is 11.3 Å². The van der Waals surface area contributed by atoms with E-state index in [-0.39, 0.29) is 11.6 Å². The van der Waals surface area contributed by atoms with Crippen LogP contribution in [0.3, 0.4) is 0 Å². The Morgan fingerprint density at radius 1 is 1.16 bits per heavy atom. The van der Waals surface area contributed by atoms with E-state index in [1.165, 1.54) is 0 Å². The average Bonchev–Trinajstić information content (AvgIpc) is 3.15. The first-order valence-corrected chi connectivity index (χ1v) is 12.3. The molecule has 0 radical (unpaired) electrons. The summed E-state index contributed by atoms with van der Waals surface area (Å²) >= 11 is 6.84. The molecule has 0 bridgehead atoms. The summed E-state index contributed by atoms with van der Waals surface area (Å²) in [5, 5.41) is 3.65. The highest BCUT2D eigenvalue weighted by Crippen LogP contribution is 2.38. The largest absolute Gasteiger partial charge is 0.447 e. The Hall–Kier alpha value is -1.87. The Morgan fingerprint density at radius 2 is 1.87 bits per heavy atom. The maximum atomic E-state index is 11.8. The minimum Gasteiger partial charge on any atom is -0.447 e. The fourth-order valence-electron chi connectivity index (χ4n) is 2.58. The zero-order valence-corrected chi connectivity index (χ0v) is 21.4. The summed E-state index contributed by atoms with van der Waals surface area (Å²) in [6.45, 7) is 10.1. The third-order valence-corrected chi connectivity index (χ3v) is 6.75. The Morgan fingerprint density at radius 3 is 2.52 bits per heavy atom. The first-order valence-electron chi connectivity index (χ1n) is 9.88. The SMILES string of the molecule is CC(C)OC(=O)Nc1ccc(-c2ncc(-c3ccc(Br)cc3SNC(C)(C)C)s2)cc1. The molecule has 0 unspecified atom stereocenters. The van der Waals surface area contributed by atoms with Crippen molar-refractivity contribution in [3.8, 4) is 21.0 Å². The van der Waals surface area contributed by atoms with Gasteiger partial charge in [-0.2, -0.15) is 0 Å². The normalized spacial score (nSPS) is 11.6. The second-order valence-corrected chi connectivity index (χ2v) is 11.1.